The molecule has 0 fully saturated rings. The number of carbonyl (C=O) groups excluding carboxylic acids is 1. The van der Waals surface area contributed by atoms with Crippen molar-refractivity contribution in [2.24, 2.45) is 10.5 Å². The van der Waals surface area contributed by atoms with Gasteiger partial charge in [-0.1, -0.05) is 0 Å². The van der Waals surface area contributed by atoms with E-state index in [1.807, 2.05) is 0 Å². The lowest BCUT2D eigenvalue weighted by Gasteiger charge is -2.20. The second-order valence-electron chi connectivity index (χ2n) is 4.19. The lowest BCUT2D eigenvalue weighted by atomic mass is 9.85. The van der Waals surface area contributed by atoms with Crippen LogP contribution in [0.3, 0.4) is 0 Å². The Hall–Kier alpha value is -1.91. The second-order valence-corrected chi connectivity index (χ2v) is 4.19. The molecule has 0 atom stereocenters. The molecule has 1 rings (SSSR count). The van der Waals surface area contributed by atoms with Gasteiger partial charge in [0.1, 0.15) is 6.29 Å². The summed E-state index contributed by atoms with van der Waals surface area (Å²) in [4.78, 5) is 11.0. The summed E-state index contributed by atoms with van der Waals surface area (Å²) in [5.41, 5.74) is 2.70. The van der Waals surface area contributed by atoms with Crippen LogP contribution in [0.15, 0.2) is 23.3 Å². The van der Waals surface area contributed by atoms with Gasteiger partial charge in [0.05, 0.1) is 11.1 Å². The van der Waals surface area contributed by atoms with Gasteiger partial charge in [-0.3, -0.25) is 0 Å². The minimum Gasteiger partial charge on any atom is -0.505 e. The van der Waals surface area contributed by atoms with Crippen LogP contribution < -0.4 is 5.43 Å². The Bertz CT molecular complexity index is 456. The van der Waals surface area contributed by atoms with Crippen molar-refractivity contribution in [1.29, 1.82) is 0 Å². The van der Waals surface area contributed by atoms with Crippen molar-refractivity contribution in [2.75, 3.05) is 7.05 Å². The van der Waals surface area contributed by atoms with Crippen molar-refractivity contribution in [2.45, 2.75) is 13.8 Å². The minimum atomic E-state index is -0.826. The molecule has 0 amide bonds. The molecule has 0 unspecified atom stereocenters. The van der Waals surface area contributed by atoms with Gasteiger partial charge in [-0.25, -0.2) is 4.39 Å². The number of halogens is 1. The molecule has 4 nitrogen and oxygen atoms in total. The summed E-state index contributed by atoms with van der Waals surface area (Å²) >= 11 is 0. The van der Waals surface area contributed by atoms with Crippen LogP contribution >= 0.6 is 0 Å². The standard InChI is InChI=1S/C12H15FN2O2/c1-12(2,7-16)11(15-14-3)8-4-5-9(13)10(17)6-8/h4-7,14,17H,1-3H3/b15-11-. The van der Waals surface area contributed by atoms with Gasteiger partial charge >= 0.3 is 0 Å². The Morgan fingerprint density at radius 2 is 2.18 bits per heavy atom. The van der Waals surface area contributed by atoms with Gasteiger partial charge in [0.15, 0.2) is 11.6 Å². The normalized spacial score (nSPS) is 12.4. The molecule has 0 aromatic heterocycles. The van der Waals surface area contributed by atoms with Crippen LogP contribution in [0.25, 0.3) is 0 Å². The summed E-state index contributed by atoms with van der Waals surface area (Å²) in [7, 11) is 1.60. The van der Waals surface area contributed by atoms with E-state index in [4.69, 9.17) is 0 Å². The van der Waals surface area contributed by atoms with Crippen molar-refractivity contribution in [3.8, 4) is 5.75 Å². The van der Waals surface area contributed by atoms with E-state index >= 15 is 0 Å². The van der Waals surface area contributed by atoms with E-state index in [1.54, 1.807) is 20.9 Å². The number of nitrogens with one attached hydrogen (secondary N) is 1. The monoisotopic (exact) mass is 238 g/mol. The molecule has 0 radical (unpaired) electrons. The maximum absolute atomic E-state index is 13.0. The number of aldehydes is 1. The highest BCUT2D eigenvalue weighted by Gasteiger charge is 2.26. The van der Waals surface area contributed by atoms with Crippen LogP contribution in [-0.4, -0.2) is 24.2 Å². The molecule has 0 bridgehead atoms. The predicted octanol–water partition coefficient (Wildman–Crippen LogP) is 1.68. The van der Waals surface area contributed by atoms with Crippen molar-refractivity contribution < 1.29 is 14.3 Å². The molecule has 17 heavy (non-hydrogen) atoms. The maximum Gasteiger partial charge on any atom is 0.164 e. The van der Waals surface area contributed by atoms with Gasteiger partial charge in [-0.2, -0.15) is 5.10 Å². The molecule has 92 valence electrons. The van der Waals surface area contributed by atoms with Gasteiger partial charge in [0.25, 0.3) is 0 Å². The van der Waals surface area contributed by atoms with E-state index < -0.39 is 17.0 Å². The molecule has 0 aliphatic rings. The number of phenolic OH excluding ortho intramolecular Hbond substituents is 1. The average Bonchev–Trinajstić information content (AvgIpc) is 2.29. The molecule has 0 aliphatic carbocycles. The highest BCUT2D eigenvalue weighted by molar-refractivity contribution is 6.11. The summed E-state index contributed by atoms with van der Waals surface area (Å²) in [5, 5.41) is 13.3. The zero-order valence-electron chi connectivity index (χ0n) is 9.99. The number of hydrogen-bond donors (Lipinski definition) is 2. The summed E-state index contributed by atoms with van der Waals surface area (Å²) in [6.07, 6.45) is 0.754. The largest absolute Gasteiger partial charge is 0.505 e. The topological polar surface area (TPSA) is 61.7 Å². The maximum atomic E-state index is 13.0. The molecule has 0 spiro atoms. The molecular formula is C12H15FN2O2. The smallest absolute Gasteiger partial charge is 0.164 e. The summed E-state index contributed by atoms with van der Waals surface area (Å²) < 4.78 is 13.0. The number of hydrazone groups is 1. The van der Waals surface area contributed by atoms with Gasteiger partial charge in [-0.05, 0) is 32.0 Å². The van der Waals surface area contributed by atoms with Crippen molar-refractivity contribution in [1.82, 2.24) is 5.43 Å². The third-order valence-electron chi connectivity index (χ3n) is 2.35. The van der Waals surface area contributed by atoms with Crippen molar-refractivity contribution >= 4 is 12.0 Å². The number of hydrogen-bond acceptors (Lipinski definition) is 4. The Labute approximate surface area is 99.2 Å². The van der Waals surface area contributed by atoms with E-state index in [9.17, 15) is 14.3 Å². The van der Waals surface area contributed by atoms with E-state index in [1.165, 1.54) is 12.1 Å². The molecule has 5 heteroatoms. The highest BCUT2D eigenvalue weighted by Crippen LogP contribution is 2.24. The van der Waals surface area contributed by atoms with Crippen LogP contribution in [0.2, 0.25) is 0 Å². The van der Waals surface area contributed by atoms with E-state index in [2.05, 4.69) is 10.5 Å². The fraction of sp³-hybridized carbons (Fsp3) is 0.333. The highest BCUT2D eigenvalue weighted by atomic mass is 19.1. The van der Waals surface area contributed by atoms with Crippen LogP contribution in [0, 0.1) is 11.2 Å². The van der Waals surface area contributed by atoms with Crippen molar-refractivity contribution in [3.63, 3.8) is 0 Å². The molecular weight excluding hydrogens is 223 g/mol. The number of nitrogens with zero attached hydrogens (tertiary/aromatic N) is 1. The average molecular weight is 238 g/mol. The van der Waals surface area contributed by atoms with Crippen LogP contribution in [0.5, 0.6) is 5.75 Å². The quantitative estimate of drug-likeness (QED) is 0.476. The zero-order chi connectivity index (χ0) is 13.1. The third-order valence-corrected chi connectivity index (χ3v) is 2.35. The SMILES string of the molecule is CN/N=C(/c1ccc(F)c(O)c1)C(C)(C)C=O. The fourth-order valence-corrected chi connectivity index (χ4v) is 1.41. The van der Waals surface area contributed by atoms with E-state index in [-0.39, 0.29) is 0 Å². The molecule has 1 aromatic rings. The number of phenols is 1. The Kier molecular flexibility index (Phi) is 3.83. The third kappa shape index (κ3) is 2.81. The lowest BCUT2D eigenvalue weighted by molar-refractivity contribution is -0.112. The lowest BCUT2D eigenvalue weighted by Crippen LogP contribution is -2.28. The van der Waals surface area contributed by atoms with E-state index in [0.717, 1.165) is 12.4 Å². The molecule has 0 saturated heterocycles. The number of rotatable bonds is 4. The fourth-order valence-electron chi connectivity index (χ4n) is 1.41. The van der Waals surface area contributed by atoms with E-state index in [0.29, 0.717) is 11.3 Å². The second kappa shape index (κ2) is 4.95. The van der Waals surface area contributed by atoms with Gasteiger partial charge < -0.3 is 15.3 Å². The predicted molar refractivity (Wildman–Crippen MR) is 63.5 cm³/mol. The molecule has 0 saturated carbocycles. The minimum absolute atomic E-state index is 0.435. The Morgan fingerprint density at radius 1 is 1.53 bits per heavy atom. The summed E-state index contributed by atoms with van der Waals surface area (Å²) in [6, 6.07) is 3.85. The molecule has 1 aromatic carbocycles. The zero-order valence-corrected chi connectivity index (χ0v) is 9.99. The Balaban J connectivity index is 3.29. The van der Waals surface area contributed by atoms with Crippen molar-refractivity contribution in [3.05, 3.63) is 29.6 Å². The molecule has 0 heterocycles. The van der Waals surface area contributed by atoms with Crippen LogP contribution in [0.1, 0.15) is 19.4 Å². The molecule has 0 aliphatic heterocycles. The first-order chi connectivity index (χ1) is 7.92. The van der Waals surface area contributed by atoms with Crippen LogP contribution in [0.4, 0.5) is 4.39 Å². The summed E-state index contributed by atoms with van der Waals surface area (Å²) in [6.45, 7) is 3.38. The van der Waals surface area contributed by atoms with Gasteiger partial charge in [-0.15, -0.1) is 0 Å². The van der Waals surface area contributed by atoms with Gasteiger partial charge in [0.2, 0.25) is 0 Å². The Morgan fingerprint density at radius 3 is 2.65 bits per heavy atom. The first-order valence-electron chi connectivity index (χ1n) is 5.12. The first-order valence-corrected chi connectivity index (χ1v) is 5.12. The number of aromatic hydroxyl groups is 1. The first kappa shape index (κ1) is 13.2. The van der Waals surface area contributed by atoms with Gasteiger partial charge in [0, 0.05) is 12.6 Å². The number of benzene rings is 1. The summed E-state index contributed by atoms with van der Waals surface area (Å²) in [5.74, 6) is -1.17. The molecule has 2 N–H and O–H groups in total. The number of carbonyl (C=O) groups is 1. The van der Waals surface area contributed by atoms with Crippen LogP contribution in [-0.2, 0) is 4.79 Å².